The molecule has 9 heteroatoms. The van der Waals surface area contributed by atoms with Gasteiger partial charge in [-0.3, -0.25) is 14.5 Å². The van der Waals surface area contributed by atoms with Crippen LogP contribution in [-0.4, -0.2) is 29.7 Å². The molecule has 1 aliphatic carbocycles. The van der Waals surface area contributed by atoms with E-state index in [1.54, 1.807) is 31.4 Å². The van der Waals surface area contributed by atoms with Gasteiger partial charge in [-0.05, 0) is 94.6 Å². The molecule has 0 N–H and O–H groups in total. The van der Waals surface area contributed by atoms with Crippen LogP contribution in [0.1, 0.15) is 43.2 Å². The largest absolute Gasteiger partial charge is 0.493 e. The van der Waals surface area contributed by atoms with Crippen molar-refractivity contribution < 1.29 is 19.1 Å². The zero-order valence-electron chi connectivity index (χ0n) is 18.6. The van der Waals surface area contributed by atoms with Crippen LogP contribution < -0.4 is 9.47 Å². The molecule has 0 unspecified atom stereocenters. The third kappa shape index (κ3) is 6.04. The number of methoxy groups -OCH3 is 1. The summed E-state index contributed by atoms with van der Waals surface area (Å²) in [5.41, 5.74) is 1.65. The van der Waals surface area contributed by atoms with Crippen LogP contribution in [0, 0.1) is 9.49 Å². The summed E-state index contributed by atoms with van der Waals surface area (Å²) in [6.45, 7) is 0.813. The van der Waals surface area contributed by atoms with Crippen molar-refractivity contribution in [3.63, 3.8) is 0 Å². The molecule has 4 rings (SSSR count). The number of hydrogen-bond donors (Lipinski definition) is 0. The van der Waals surface area contributed by atoms with E-state index in [9.17, 15) is 9.59 Å². The van der Waals surface area contributed by atoms with Crippen molar-refractivity contribution in [3.8, 4) is 11.5 Å². The number of imide groups is 1. The Morgan fingerprint density at radius 1 is 1.12 bits per heavy atom. The first kappa shape index (κ1) is 25.7. The van der Waals surface area contributed by atoms with Crippen molar-refractivity contribution in [1.29, 1.82) is 0 Å². The van der Waals surface area contributed by atoms with Crippen molar-refractivity contribution >= 4 is 74.8 Å². The number of thioether (sulfide) groups is 1. The number of amides is 2. The Kier molecular flexibility index (Phi) is 8.71. The quantitative estimate of drug-likeness (QED) is 0.231. The second-order valence-corrected chi connectivity index (χ2v) is 11.3. The molecule has 1 saturated carbocycles. The summed E-state index contributed by atoms with van der Waals surface area (Å²) in [5, 5.41) is 0.771. The molecule has 0 aromatic heterocycles. The molecule has 1 heterocycles. The lowest BCUT2D eigenvalue weighted by Gasteiger charge is -2.25. The maximum absolute atomic E-state index is 12.9. The van der Waals surface area contributed by atoms with Gasteiger partial charge in [-0.2, -0.15) is 0 Å². The van der Waals surface area contributed by atoms with E-state index in [0.29, 0.717) is 45.5 Å². The maximum atomic E-state index is 12.9. The lowest BCUT2D eigenvalue weighted by atomic mass is 9.89. The molecule has 0 atom stereocenters. The Morgan fingerprint density at radius 3 is 2.59 bits per heavy atom. The molecule has 2 amide bonds. The molecule has 5 nitrogen and oxygen atoms in total. The van der Waals surface area contributed by atoms with Crippen molar-refractivity contribution in [3.05, 3.63) is 60.0 Å². The fourth-order valence-electron chi connectivity index (χ4n) is 4.18. The van der Waals surface area contributed by atoms with Gasteiger partial charge in [0.15, 0.2) is 11.5 Å². The van der Waals surface area contributed by atoms with Crippen LogP contribution in [0.25, 0.3) is 6.08 Å². The Labute approximate surface area is 227 Å². The molecule has 0 spiro atoms. The van der Waals surface area contributed by atoms with E-state index in [-0.39, 0.29) is 11.1 Å². The molecule has 180 valence electrons. The predicted molar refractivity (Wildman–Crippen MR) is 146 cm³/mol. The Morgan fingerprint density at radius 2 is 1.88 bits per heavy atom. The zero-order chi connectivity index (χ0) is 24.2. The smallest absolute Gasteiger partial charge is 0.293 e. The third-order valence-electron chi connectivity index (χ3n) is 5.96. The van der Waals surface area contributed by atoms with E-state index in [1.165, 1.54) is 24.2 Å². The summed E-state index contributed by atoms with van der Waals surface area (Å²) in [6.07, 6.45) is 7.51. The van der Waals surface area contributed by atoms with Crippen LogP contribution in [0.5, 0.6) is 11.5 Å². The van der Waals surface area contributed by atoms with Crippen molar-refractivity contribution in [2.45, 2.75) is 38.7 Å². The minimum absolute atomic E-state index is 0.190. The molecule has 2 aromatic rings. The Bertz CT molecular complexity index is 1130. The summed E-state index contributed by atoms with van der Waals surface area (Å²) >= 11 is 15.3. The molecule has 2 aliphatic rings. The van der Waals surface area contributed by atoms with E-state index in [0.717, 1.165) is 39.3 Å². The van der Waals surface area contributed by atoms with Crippen LogP contribution in [0.3, 0.4) is 0 Å². The van der Waals surface area contributed by atoms with Crippen LogP contribution >= 0.6 is 57.6 Å². The lowest BCUT2D eigenvalue weighted by Crippen LogP contribution is -2.34. The van der Waals surface area contributed by atoms with Crippen molar-refractivity contribution in [2.24, 2.45) is 5.92 Å². The van der Waals surface area contributed by atoms with Crippen LogP contribution in [-0.2, 0) is 11.4 Å². The van der Waals surface area contributed by atoms with E-state index >= 15 is 0 Å². The number of ether oxygens (including phenoxy) is 2. The van der Waals surface area contributed by atoms with Gasteiger partial charge in [-0.25, -0.2) is 0 Å². The van der Waals surface area contributed by atoms with Gasteiger partial charge >= 0.3 is 0 Å². The fourth-order valence-corrected chi connectivity index (χ4v) is 6.13. The van der Waals surface area contributed by atoms with Gasteiger partial charge in [0.2, 0.25) is 0 Å². The normalized spacial score (nSPS) is 18.1. The summed E-state index contributed by atoms with van der Waals surface area (Å²) in [6, 6.07) is 9.06. The van der Waals surface area contributed by atoms with Gasteiger partial charge in [-0.15, -0.1) is 0 Å². The number of carbonyl (C=O) groups excluding carboxylic acids is 2. The number of carbonyl (C=O) groups is 2. The summed E-state index contributed by atoms with van der Waals surface area (Å²) < 4.78 is 12.4. The van der Waals surface area contributed by atoms with Crippen LogP contribution in [0.2, 0.25) is 10.0 Å². The van der Waals surface area contributed by atoms with E-state index in [4.69, 9.17) is 32.7 Å². The second-order valence-electron chi connectivity index (χ2n) is 8.37. The number of hydrogen-bond acceptors (Lipinski definition) is 5. The minimum Gasteiger partial charge on any atom is -0.493 e. The van der Waals surface area contributed by atoms with E-state index in [1.807, 2.05) is 12.1 Å². The minimum atomic E-state index is -0.213. The number of benzene rings is 2. The SMILES string of the molecule is COc1cc(/C=C2/SC(=O)N(CC3CCCCC3)C2=O)cc(I)c1OCc1ccc(Cl)c(Cl)c1. The van der Waals surface area contributed by atoms with E-state index < -0.39 is 0 Å². The van der Waals surface area contributed by atoms with Gasteiger partial charge in [0.25, 0.3) is 11.1 Å². The van der Waals surface area contributed by atoms with Crippen LogP contribution in [0.15, 0.2) is 35.2 Å². The Balaban J connectivity index is 1.49. The van der Waals surface area contributed by atoms with Crippen LogP contribution in [0.4, 0.5) is 4.79 Å². The lowest BCUT2D eigenvalue weighted by molar-refractivity contribution is -0.123. The average Bonchev–Trinajstić information content (AvgIpc) is 3.08. The standard InChI is InChI=1S/C25H24Cl2INO4S/c1-32-21-11-17(10-20(28)23(21)33-14-16-7-8-18(26)19(27)9-16)12-22-24(30)29(25(31)34-22)13-15-5-3-2-4-6-15/h7-12,15H,2-6,13-14H2,1H3/b22-12+. The van der Waals surface area contributed by atoms with Gasteiger partial charge < -0.3 is 9.47 Å². The summed E-state index contributed by atoms with van der Waals surface area (Å²) in [7, 11) is 1.57. The first-order valence-electron chi connectivity index (χ1n) is 11.1. The summed E-state index contributed by atoms with van der Waals surface area (Å²) in [4.78, 5) is 27.3. The molecule has 2 aromatic carbocycles. The molecular weight excluding hydrogens is 608 g/mol. The Hall–Kier alpha value is -1.42. The highest BCUT2D eigenvalue weighted by atomic mass is 127. The fraction of sp³-hybridized carbons (Fsp3) is 0.360. The topological polar surface area (TPSA) is 55.8 Å². The molecule has 1 saturated heterocycles. The predicted octanol–water partition coefficient (Wildman–Crippen LogP) is 7.80. The van der Waals surface area contributed by atoms with Gasteiger partial charge in [0.1, 0.15) is 6.61 Å². The molecular formula is C25H24Cl2INO4S. The highest BCUT2D eigenvalue weighted by molar-refractivity contribution is 14.1. The molecule has 1 aliphatic heterocycles. The molecule has 2 fully saturated rings. The number of nitrogens with zero attached hydrogens (tertiary/aromatic N) is 1. The number of halogens is 3. The zero-order valence-corrected chi connectivity index (χ0v) is 23.1. The van der Waals surface area contributed by atoms with Crippen molar-refractivity contribution in [1.82, 2.24) is 4.90 Å². The maximum Gasteiger partial charge on any atom is 0.293 e. The molecule has 0 radical (unpaired) electrons. The second kappa shape index (κ2) is 11.5. The third-order valence-corrected chi connectivity index (χ3v) is 8.40. The van der Waals surface area contributed by atoms with Crippen molar-refractivity contribution in [2.75, 3.05) is 13.7 Å². The summed E-state index contributed by atoms with van der Waals surface area (Å²) in [5.74, 6) is 1.33. The van der Waals surface area contributed by atoms with Gasteiger partial charge in [0.05, 0.1) is 25.6 Å². The first-order valence-corrected chi connectivity index (χ1v) is 13.7. The molecule has 34 heavy (non-hydrogen) atoms. The van der Waals surface area contributed by atoms with Gasteiger partial charge in [0, 0.05) is 6.54 Å². The molecule has 0 bridgehead atoms. The highest BCUT2D eigenvalue weighted by Gasteiger charge is 2.36. The number of rotatable bonds is 7. The first-order chi connectivity index (χ1) is 16.4. The van der Waals surface area contributed by atoms with Gasteiger partial charge in [-0.1, -0.05) is 48.5 Å². The van der Waals surface area contributed by atoms with E-state index in [2.05, 4.69) is 22.6 Å². The monoisotopic (exact) mass is 631 g/mol. The highest BCUT2D eigenvalue weighted by Crippen LogP contribution is 2.38. The average molecular weight is 632 g/mol.